The van der Waals surface area contributed by atoms with E-state index in [-0.39, 0.29) is 11.5 Å². The lowest BCUT2D eigenvalue weighted by Crippen LogP contribution is -2.50. The maximum atomic E-state index is 12.5. The lowest BCUT2D eigenvalue weighted by molar-refractivity contribution is -0.0763. The number of aromatic nitrogens is 1. The minimum absolute atomic E-state index is 0.0831. The van der Waals surface area contributed by atoms with Crippen LogP contribution in [0.25, 0.3) is 0 Å². The second kappa shape index (κ2) is 5.35. The van der Waals surface area contributed by atoms with Crippen molar-refractivity contribution in [2.24, 2.45) is 0 Å². The summed E-state index contributed by atoms with van der Waals surface area (Å²) in [6.45, 7) is 5.62. The maximum Gasteiger partial charge on any atom is 0.255 e. The summed E-state index contributed by atoms with van der Waals surface area (Å²) in [5.74, 6) is 0.542. The lowest BCUT2D eigenvalue weighted by atomic mass is 10.1. The van der Waals surface area contributed by atoms with Crippen molar-refractivity contribution in [2.45, 2.75) is 19.4 Å². The third-order valence-corrected chi connectivity index (χ3v) is 3.36. The van der Waals surface area contributed by atoms with Gasteiger partial charge in [-0.1, -0.05) is 11.6 Å². The van der Waals surface area contributed by atoms with E-state index in [1.807, 2.05) is 13.8 Å². The summed E-state index contributed by atoms with van der Waals surface area (Å²) in [7, 11) is 1.75. The maximum absolute atomic E-state index is 12.5. The van der Waals surface area contributed by atoms with Crippen molar-refractivity contribution in [2.75, 3.05) is 32.1 Å². The van der Waals surface area contributed by atoms with Crippen molar-refractivity contribution in [1.82, 2.24) is 9.88 Å². The summed E-state index contributed by atoms with van der Waals surface area (Å²) in [6.07, 6.45) is 1.49. The normalized spacial score (nSPS) is 18.2. The van der Waals surface area contributed by atoms with Gasteiger partial charge in [0, 0.05) is 26.3 Å². The molecule has 1 fully saturated rings. The highest BCUT2D eigenvalue weighted by Crippen LogP contribution is 2.23. The molecule has 1 aromatic rings. The Morgan fingerprint density at radius 3 is 2.95 bits per heavy atom. The molecule has 0 unspecified atom stereocenters. The Bertz CT molecular complexity index is 491. The number of hydrogen-bond donors (Lipinski definition) is 1. The van der Waals surface area contributed by atoms with Crippen LogP contribution in [0.3, 0.4) is 0 Å². The highest BCUT2D eigenvalue weighted by molar-refractivity contribution is 6.33. The average Bonchev–Trinajstić information content (AvgIpc) is 2.37. The van der Waals surface area contributed by atoms with Gasteiger partial charge in [-0.2, -0.15) is 0 Å². The molecule has 1 aliphatic rings. The molecule has 2 rings (SSSR count). The molecule has 5 nitrogen and oxygen atoms in total. The van der Waals surface area contributed by atoms with Gasteiger partial charge in [-0.3, -0.25) is 4.79 Å². The molecule has 1 saturated heterocycles. The molecular weight excluding hydrogens is 266 g/mol. The van der Waals surface area contributed by atoms with Crippen LogP contribution in [0.1, 0.15) is 24.2 Å². The lowest BCUT2D eigenvalue weighted by Gasteiger charge is -2.38. The molecule has 0 bridgehead atoms. The van der Waals surface area contributed by atoms with Gasteiger partial charge in [0.1, 0.15) is 5.82 Å². The topological polar surface area (TPSA) is 54.5 Å². The largest absolute Gasteiger partial charge is 0.373 e. The minimum Gasteiger partial charge on any atom is -0.373 e. The van der Waals surface area contributed by atoms with E-state index in [4.69, 9.17) is 16.3 Å². The molecule has 0 aromatic carbocycles. The van der Waals surface area contributed by atoms with E-state index >= 15 is 0 Å². The molecule has 0 radical (unpaired) electrons. The number of nitrogens with one attached hydrogen (secondary N) is 1. The van der Waals surface area contributed by atoms with Crippen LogP contribution in [0.4, 0.5) is 5.82 Å². The number of amides is 1. The molecule has 1 aliphatic heterocycles. The fourth-order valence-corrected chi connectivity index (χ4v) is 2.28. The van der Waals surface area contributed by atoms with E-state index in [1.165, 1.54) is 6.20 Å². The monoisotopic (exact) mass is 283 g/mol. The van der Waals surface area contributed by atoms with Crippen LogP contribution in [-0.4, -0.2) is 48.1 Å². The van der Waals surface area contributed by atoms with Gasteiger partial charge in [-0.25, -0.2) is 4.98 Å². The first-order chi connectivity index (χ1) is 8.93. The summed E-state index contributed by atoms with van der Waals surface area (Å²) < 4.78 is 5.61. The van der Waals surface area contributed by atoms with E-state index in [2.05, 4.69) is 10.3 Å². The van der Waals surface area contributed by atoms with Crippen LogP contribution < -0.4 is 5.32 Å². The molecule has 104 valence electrons. The van der Waals surface area contributed by atoms with Crippen molar-refractivity contribution in [3.05, 3.63) is 22.8 Å². The predicted octanol–water partition coefficient (Wildman–Crippen LogP) is 2.03. The zero-order chi connectivity index (χ0) is 14.0. The third-order valence-electron chi connectivity index (χ3n) is 3.05. The van der Waals surface area contributed by atoms with Crippen molar-refractivity contribution >= 4 is 23.3 Å². The van der Waals surface area contributed by atoms with Crippen LogP contribution in [0, 0.1) is 0 Å². The highest BCUT2D eigenvalue weighted by Gasteiger charge is 2.31. The van der Waals surface area contributed by atoms with Crippen LogP contribution in [0.2, 0.25) is 5.02 Å². The summed E-state index contributed by atoms with van der Waals surface area (Å²) in [5, 5.41) is 3.27. The van der Waals surface area contributed by atoms with E-state index in [9.17, 15) is 4.79 Å². The molecule has 1 aromatic heterocycles. The minimum atomic E-state index is -0.320. The van der Waals surface area contributed by atoms with Crippen molar-refractivity contribution in [3.63, 3.8) is 0 Å². The van der Waals surface area contributed by atoms with Gasteiger partial charge in [0.15, 0.2) is 0 Å². The van der Waals surface area contributed by atoms with Gasteiger partial charge in [-0.15, -0.1) is 0 Å². The quantitative estimate of drug-likeness (QED) is 0.902. The zero-order valence-corrected chi connectivity index (χ0v) is 12.1. The average molecular weight is 284 g/mol. The zero-order valence-electron chi connectivity index (χ0n) is 11.4. The number of ether oxygens (including phenoxy) is 1. The molecule has 0 atom stereocenters. The van der Waals surface area contributed by atoms with Gasteiger partial charge >= 0.3 is 0 Å². The van der Waals surface area contributed by atoms with E-state index in [1.54, 1.807) is 18.0 Å². The van der Waals surface area contributed by atoms with Gasteiger partial charge in [-0.05, 0) is 19.9 Å². The number of carbonyl (C=O) groups is 1. The molecule has 19 heavy (non-hydrogen) atoms. The second-order valence-electron chi connectivity index (χ2n) is 5.13. The number of anilines is 1. The number of nitrogens with zero attached hydrogens (tertiary/aromatic N) is 2. The molecule has 6 heteroatoms. The number of hydrogen-bond acceptors (Lipinski definition) is 4. The Balaban J connectivity index is 2.24. The van der Waals surface area contributed by atoms with E-state index in [0.29, 0.717) is 36.1 Å². The summed E-state index contributed by atoms with van der Waals surface area (Å²) in [4.78, 5) is 18.3. The summed E-state index contributed by atoms with van der Waals surface area (Å²) >= 11 is 6.07. The fraction of sp³-hybridized carbons (Fsp3) is 0.538. The SMILES string of the molecule is CNc1cc(C(=O)N2CCOC(C)(C)C2)c(Cl)cn1. The van der Waals surface area contributed by atoms with E-state index in [0.717, 1.165) is 0 Å². The molecule has 0 spiro atoms. The Hall–Kier alpha value is -1.33. The molecule has 1 N–H and O–H groups in total. The molecule has 0 saturated carbocycles. The van der Waals surface area contributed by atoms with Gasteiger partial charge < -0.3 is 15.0 Å². The van der Waals surface area contributed by atoms with Crippen molar-refractivity contribution < 1.29 is 9.53 Å². The first-order valence-electron chi connectivity index (χ1n) is 6.19. The number of pyridine rings is 1. The van der Waals surface area contributed by atoms with Crippen LogP contribution >= 0.6 is 11.6 Å². The Kier molecular flexibility index (Phi) is 3.96. The van der Waals surface area contributed by atoms with Gasteiger partial charge in [0.25, 0.3) is 5.91 Å². The van der Waals surface area contributed by atoms with Crippen LogP contribution in [-0.2, 0) is 4.74 Å². The smallest absolute Gasteiger partial charge is 0.255 e. The Morgan fingerprint density at radius 1 is 1.58 bits per heavy atom. The molecule has 2 heterocycles. The van der Waals surface area contributed by atoms with E-state index < -0.39 is 0 Å². The predicted molar refractivity (Wildman–Crippen MR) is 74.7 cm³/mol. The Morgan fingerprint density at radius 2 is 2.32 bits per heavy atom. The standard InChI is InChI=1S/C13H18ClN3O2/c1-13(2)8-17(4-5-19-13)12(18)9-6-11(15-3)16-7-10(9)14/h6-7H,4-5,8H2,1-3H3,(H,15,16). The molecule has 0 aliphatic carbocycles. The van der Waals surface area contributed by atoms with Crippen LogP contribution in [0.15, 0.2) is 12.3 Å². The third kappa shape index (κ3) is 3.16. The molecular formula is C13H18ClN3O2. The fourth-order valence-electron chi connectivity index (χ4n) is 2.10. The van der Waals surface area contributed by atoms with Crippen molar-refractivity contribution in [3.8, 4) is 0 Å². The highest BCUT2D eigenvalue weighted by atomic mass is 35.5. The number of halogens is 1. The van der Waals surface area contributed by atoms with Crippen LogP contribution in [0.5, 0.6) is 0 Å². The number of carbonyl (C=O) groups excluding carboxylic acids is 1. The first-order valence-corrected chi connectivity index (χ1v) is 6.57. The number of rotatable bonds is 2. The second-order valence-corrected chi connectivity index (χ2v) is 5.54. The first kappa shape index (κ1) is 14.1. The van der Waals surface area contributed by atoms with Crippen molar-refractivity contribution in [1.29, 1.82) is 0 Å². The summed E-state index contributed by atoms with van der Waals surface area (Å²) in [5.41, 5.74) is 0.151. The van der Waals surface area contributed by atoms with Gasteiger partial charge in [0.05, 0.1) is 22.8 Å². The number of morpholine rings is 1. The Labute approximate surface area is 117 Å². The molecule has 1 amide bonds. The van der Waals surface area contributed by atoms with Gasteiger partial charge in [0.2, 0.25) is 0 Å². The summed E-state index contributed by atoms with van der Waals surface area (Å²) in [6, 6.07) is 1.67.